The van der Waals surface area contributed by atoms with Crippen molar-refractivity contribution in [2.24, 2.45) is 12.0 Å². The van der Waals surface area contributed by atoms with Gasteiger partial charge in [-0.25, -0.2) is 0 Å². The van der Waals surface area contributed by atoms with Gasteiger partial charge in [0.15, 0.2) is 0 Å². The van der Waals surface area contributed by atoms with Crippen LogP contribution >= 0.6 is 0 Å². The summed E-state index contributed by atoms with van der Waals surface area (Å²) in [4.78, 5) is 14.5. The molecule has 7 heteroatoms. The predicted molar refractivity (Wildman–Crippen MR) is 142 cm³/mol. The van der Waals surface area contributed by atoms with E-state index in [0.717, 1.165) is 32.4 Å². The second-order valence-corrected chi connectivity index (χ2v) is 10.6. The van der Waals surface area contributed by atoms with Crippen LogP contribution in [0.4, 0.5) is 10.2 Å². The molecular weight excluding hydrogens is 512 g/mol. The molecule has 0 atom stereocenters. The van der Waals surface area contributed by atoms with Gasteiger partial charge in [-0.05, 0) is 0 Å². The van der Waals surface area contributed by atoms with E-state index in [1.54, 1.807) is 12.4 Å². The molecule has 0 N–H and O–H groups in total. The Morgan fingerprint density at radius 3 is 2.31 bits per heavy atom. The van der Waals surface area contributed by atoms with Crippen molar-refractivity contribution in [1.29, 1.82) is 5.26 Å². The summed E-state index contributed by atoms with van der Waals surface area (Å²) in [5.41, 5.74) is 5.51. The van der Waals surface area contributed by atoms with Gasteiger partial charge in [-0.15, -0.1) is 0 Å². The molecule has 0 bridgehead atoms. The van der Waals surface area contributed by atoms with E-state index in [2.05, 4.69) is 4.98 Å². The van der Waals surface area contributed by atoms with Crippen LogP contribution in [0.15, 0.2) is 90.2 Å². The third kappa shape index (κ3) is 4.71. The maximum absolute atomic E-state index is 15.1. The molecule has 175 valence electrons. The van der Waals surface area contributed by atoms with Crippen LogP contribution in [0.25, 0.3) is 11.0 Å². The van der Waals surface area contributed by atoms with Crippen LogP contribution in [-0.2, 0) is 13.5 Å². The zero-order valence-corrected chi connectivity index (χ0v) is 21.7. The first-order valence-corrected chi connectivity index (χ1v) is 13.4. The molecule has 0 spiro atoms. The number of fused-ring (bicyclic) bond motifs is 1. The number of benzene rings is 3. The first kappa shape index (κ1) is 23.7. The van der Waals surface area contributed by atoms with E-state index in [1.807, 2.05) is 91.3 Å². The van der Waals surface area contributed by atoms with Crippen molar-refractivity contribution in [3.05, 3.63) is 113 Å². The van der Waals surface area contributed by atoms with Crippen LogP contribution in [0.5, 0.6) is 0 Å². The van der Waals surface area contributed by atoms with Gasteiger partial charge in [0.05, 0.1) is 0 Å². The van der Waals surface area contributed by atoms with Crippen LogP contribution in [-0.4, -0.2) is 36.0 Å². The zero-order chi connectivity index (χ0) is 25.1. The van der Waals surface area contributed by atoms with Gasteiger partial charge in [0.25, 0.3) is 0 Å². The topological polar surface area (TPSA) is 66.9 Å². The van der Waals surface area contributed by atoms with E-state index >= 15 is 4.39 Å². The quantitative estimate of drug-likeness (QED) is 0.240. The average Bonchev–Trinajstić information content (AvgIpc) is 3.29. The Bertz CT molecular complexity index is 1580. The van der Waals surface area contributed by atoms with E-state index in [4.69, 9.17) is 9.98 Å². The number of aryl methyl sites for hydroxylation is 2. The summed E-state index contributed by atoms with van der Waals surface area (Å²) >= 11 is -0.781. The van der Waals surface area contributed by atoms with Gasteiger partial charge >= 0.3 is 216 Å². The molecule has 5 rings (SSSR count). The van der Waals surface area contributed by atoms with E-state index in [9.17, 15) is 5.26 Å². The molecule has 0 saturated heterocycles. The molecule has 2 aromatic heterocycles. The van der Waals surface area contributed by atoms with Gasteiger partial charge in [-0.1, -0.05) is 0 Å². The number of halogens is 1. The average molecular weight is 534 g/mol. The number of pyridine rings is 1. The molecular formula is C29H22AsFN5. The van der Waals surface area contributed by atoms with Gasteiger partial charge in [-0.3, -0.25) is 0 Å². The molecule has 0 aliphatic rings. The first-order chi connectivity index (χ1) is 17.6. The predicted octanol–water partition coefficient (Wildman–Crippen LogP) is 4.37. The van der Waals surface area contributed by atoms with Crippen molar-refractivity contribution < 1.29 is 4.39 Å². The first-order valence-electron chi connectivity index (χ1n) is 11.5. The second kappa shape index (κ2) is 10.3. The molecule has 0 fully saturated rings. The van der Waals surface area contributed by atoms with Gasteiger partial charge < -0.3 is 0 Å². The van der Waals surface area contributed by atoms with Crippen LogP contribution in [0.3, 0.4) is 0 Å². The number of aromatic nitrogens is 3. The SMILES string of the molecule is CCc1cc(C#N)cc(F)c1[As]c1cc2c(ncn2C)c(N=C(c2ccccc2)c2ccccc2)n1. The molecule has 0 aliphatic heterocycles. The Hall–Kier alpha value is -4.07. The molecule has 0 aliphatic carbocycles. The van der Waals surface area contributed by atoms with Crippen molar-refractivity contribution in [3.63, 3.8) is 0 Å². The van der Waals surface area contributed by atoms with Crippen molar-refractivity contribution in [2.75, 3.05) is 0 Å². The molecule has 0 saturated carbocycles. The Labute approximate surface area is 215 Å². The fourth-order valence-corrected chi connectivity index (χ4v) is 6.36. The van der Waals surface area contributed by atoms with Gasteiger partial charge in [0, 0.05) is 0 Å². The van der Waals surface area contributed by atoms with Gasteiger partial charge in [-0.2, -0.15) is 0 Å². The van der Waals surface area contributed by atoms with Crippen LogP contribution in [0.1, 0.15) is 29.2 Å². The molecule has 5 nitrogen and oxygen atoms in total. The zero-order valence-electron chi connectivity index (χ0n) is 19.9. The summed E-state index contributed by atoms with van der Waals surface area (Å²) in [6.45, 7) is 1.97. The number of imidazole rings is 1. The molecule has 36 heavy (non-hydrogen) atoms. The second-order valence-electron chi connectivity index (χ2n) is 8.26. The number of nitrogens with zero attached hydrogens (tertiary/aromatic N) is 5. The molecule has 2 heterocycles. The molecule has 0 amide bonds. The summed E-state index contributed by atoms with van der Waals surface area (Å²) in [5, 5.41) is 9.25. The van der Waals surface area contributed by atoms with E-state index in [-0.39, 0.29) is 5.82 Å². The molecule has 5 aromatic rings. The number of hydrogen-bond donors (Lipinski definition) is 0. The van der Waals surface area contributed by atoms with Crippen molar-refractivity contribution >= 4 is 47.1 Å². The van der Waals surface area contributed by atoms with Gasteiger partial charge in [0.1, 0.15) is 0 Å². The summed E-state index contributed by atoms with van der Waals surface area (Å²) in [6, 6.07) is 27.1. The summed E-state index contributed by atoms with van der Waals surface area (Å²) in [7, 11) is 1.93. The normalized spacial score (nSPS) is 11.2. The van der Waals surface area contributed by atoms with E-state index < -0.39 is 15.8 Å². The van der Waals surface area contributed by atoms with Crippen LogP contribution < -0.4 is 8.83 Å². The van der Waals surface area contributed by atoms with Crippen LogP contribution in [0, 0.1) is 17.1 Å². The third-order valence-electron chi connectivity index (χ3n) is 5.87. The summed E-state index contributed by atoms with van der Waals surface area (Å²) in [6.07, 6.45) is 2.39. The van der Waals surface area contributed by atoms with Crippen molar-refractivity contribution in [3.8, 4) is 6.07 Å². The van der Waals surface area contributed by atoms with E-state index in [0.29, 0.717) is 27.7 Å². The van der Waals surface area contributed by atoms with E-state index in [1.165, 1.54) is 6.07 Å². The van der Waals surface area contributed by atoms with Crippen molar-refractivity contribution in [1.82, 2.24) is 14.5 Å². The third-order valence-corrected chi connectivity index (χ3v) is 8.35. The minimum atomic E-state index is -0.781. The van der Waals surface area contributed by atoms with Crippen LogP contribution in [0.2, 0.25) is 0 Å². The Morgan fingerprint density at radius 1 is 1.03 bits per heavy atom. The summed E-state index contributed by atoms with van der Waals surface area (Å²) < 4.78 is 18.4. The maximum atomic E-state index is 15.1. The number of nitriles is 1. The van der Waals surface area contributed by atoms with Gasteiger partial charge in [0.2, 0.25) is 0 Å². The molecule has 0 unspecified atom stereocenters. The minimum absolute atomic E-state index is 0.338. The Balaban J connectivity index is 1.69. The number of rotatable bonds is 6. The molecule has 1 radical (unpaired) electrons. The Kier molecular flexibility index (Phi) is 6.75. The fraction of sp³-hybridized carbons (Fsp3) is 0.103. The van der Waals surface area contributed by atoms with Crippen molar-refractivity contribution in [2.45, 2.75) is 13.3 Å². The molecule has 3 aromatic carbocycles. The summed E-state index contributed by atoms with van der Waals surface area (Å²) in [5.74, 6) is 0.158. The monoisotopic (exact) mass is 534 g/mol. The fourth-order valence-electron chi connectivity index (χ4n) is 4.06. The number of hydrogen-bond acceptors (Lipinski definition) is 4. The standard InChI is InChI=1S/C29H22AsFN5/c1-3-20-14-19(17-32)15-23(31)26(20)30-25-16-24-28(33-18-36(24)2)29(34-25)35-27(21-10-6-4-7-11-21)22-12-8-5-9-13-22/h4-16,18H,3H2,1-2H3. The number of aliphatic imine (C=N–C) groups is 1. The Morgan fingerprint density at radius 2 is 1.69 bits per heavy atom.